The molecule has 0 fully saturated rings. The van der Waals surface area contributed by atoms with Crippen molar-refractivity contribution in [3.8, 4) is 11.1 Å². The highest BCUT2D eigenvalue weighted by atomic mass is 35.5. The second-order valence-electron chi connectivity index (χ2n) is 7.47. The number of anilines is 1. The number of hydrogen-bond donors (Lipinski definition) is 3. The summed E-state index contributed by atoms with van der Waals surface area (Å²) in [6, 6.07) is 8.71. The number of halogens is 2. The Morgan fingerprint density at radius 1 is 1.33 bits per heavy atom. The predicted octanol–water partition coefficient (Wildman–Crippen LogP) is 4.89. The van der Waals surface area contributed by atoms with E-state index in [1.54, 1.807) is 10.6 Å². The van der Waals surface area contributed by atoms with Crippen molar-refractivity contribution in [2.45, 2.75) is 39.2 Å². The zero-order valence-corrected chi connectivity index (χ0v) is 17.7. The van der Waals surface area contributed by atoms with Crippen molar-refractivity contribution in [3.63, 3.8) is 0 Å². The number of allylic oxidation sites excluding steroid dienone is 1. The molecule has 3 N–H and O–H groups in total. The van der Waals surface area contributed by atoms with Crippen LogP contribution >= 0.6 is 11.6 Å². The van der Waals surface area contributed by atoms with E-state index in [1.807, 2.05) is 32.2 Å². The molecule has 2 heterocycles. The van der Waals surface area contributed by atoms with Gasteiger partial charge >= 0.3 is 0 Å². The lowest BCUT2D eigenvalue weighted by atomic mass is 9.92. The summed E-state index contributed by atoms with van der Waals surface area (Å²) in [5, 5.41) is 19.3. The van der Waals surface area contributed by atoms with Crippen LogP contribution in [-0.4, -0.2) is 32.4 Å². The maximum atomic E-state index is 13.5. The van der Waals surface area contributed by atoms with Crippen LogP contribution in [0.1, 0.15) is 31.7 Å². The van der Waals surface area contributed by atoms with E-state index in [2.05, 4.69) is 15.7 Å². The number of aromatic nitrogens is 3. The molecule has 2 aromatic heterocycles. The topological polar surface area (TPSA) is 78.1 Å². The number of fused-ring (bicyclic) bond motifs is 1. The monoisotopic (exact) mass is 426 g/mol. The van der Waals surface area contributed by atoms with Gasteiger partial charge in [-0.2, -0.15) is 4.98 Å². The van der Waals surface area contributed by atoms with Gasteiger partial charge in [-0.3, -0.25) is 5.41 Å². The van der Waals surface area contributed by atoms with Gasteiger partial charge in [0.25, 0.3) is 0 Å². The van der Waals surface area contributed by atoms with E-state index >= 15 is 0 Å². The molecule has 1 aliphatic carbocycles. The molecule has 0 saturated heterocycles. The summed E-state index contributed by atoms with van der Waals surface area (Å²) in [5.74, 6) is 0.273. The Hall–Kier alpha value is -2.93. The molecule has 1 atom stereocenters. The summed E-state index contributed by atoms with van der Waals surface area (Å²) in [6.07, 6.45) is 4.21. The first-order chi connectivity index (χ1) is 14.5. The molecular formula is C22H24ClFN6. The lowest BCUT2D eigenvalue weighted by Crippen LogP contribution is -2.30. The molecule has 0 saturated carbocycles. The van der Waals surface area contributed by atoms with E-state index in [4.69, 9.17) is 22.0 Å². The van der Waals surface area contributed by atoms with Crippen molar-refractivity contribution in [1.82, 2.24) is 19.9 Å². The molecule has 0 spiro atoms. The van der Waals surface area contributed by atoms with E-state index in [0.717, 1.165) is 47.3 Å². The van der Waals surface area contributed by atoms with Gasteiger partial charge in [0.2, 0.25) is 5.95 Å². The van der Waals surface area contributed by atoms with Gasteiger partial charge in [-0.25, -0.2) is 8.91 Å². The lowest BCUT2D eigenvalue weighted by Gasteiger charge is -2.27. The van der Waals surface area contributed by atoms with Gasteiger partial charge < -0.3 is 10.6 Å². The van der Waals surface area contributed by atoms with Gasteiger partial charge in [0, 0.05) is 35.6 Å². The molecule has 4 rings (SSSR count). The van der Waals surface area contributed by atoms with Crippen LogP contribution in [0.25, 0.3) is 16.8 Å². The van der Waals surface area contributed by atoms with Crippen LogP contribution in [0.4, 0.5) is 10.3 Å². The molecule has 6 nitrogen and oxygen atoms in total. The summed E-state index contributed by atoms with van der Waals surface area (Å²) in [6.45, 7) is 4.73. The van der Waals surface area contributed by atoms with Gasteiger partial charge in [0.05, 0.1) is 0 Å². The summed E-state index contributed by atoms with van der Waals surface area (Å²) in [4.78, 5) is 4.70. The predicted molar refractivity (Wildman–Crippen MR) is 119 cm³/mol. The fraction of sp³-hybridized carbons (Fsp3) is 0.318. The molecule has 1 aromatic carbocycles. The number of benzene rings is 1. The Morgan fingerprint density at radius 2 is 2.17 bits per heavy atom. The smallest absolute Gasteiger partial charge is 0.243 e. The van der Waals surface area contributed by atoms with Crippen molar-refractivity contribution < 1.29 is 4.39 Å². The Morgan fingerprint density at radius 3 is 2.90 bits per heavy atom. The second-order valence-corrected chi connectivity index (χ2v) is 7.85. The Kier molecular flexibility index (Phi) is 5.72. The van der Waals surface area contributed by atoms with Crippen LogP contribution < -0.4 is 10.6 Å². The maximum Gasteiger partial charge on any atom is 0.243 e. The summed E-state index contributed by atoms with van der Waals surface area (Å²) >= 11 is 6.03. The quantitative estimate of drug-likeness (QED) is 0.490. The van der Waals surface area contributed by atoms with E-state index in [9.17, 15) is 4.39 Å². The van der Waals surface area contributed by atoms with Gasteiger partial charge in [0.1, 0.15) is 11.0 Å². The average Bonchev–Trinajstić information content (AvgIpc) is 3.12. The van der Waals surface area contributed by atoms with Crippen LogP contribution in [0.2, 0.25) is 0 Å². The van der Waals surface area contributed by atoms with Crippen LogP contribution in [0.5, 0.6) is 0 Å². The first-order valence-corrected chi connectivity index (χ1v) is 10.4. The third kappa shape index (κ3) is 4.03. The Balaban J connectivity index is 1.62. The number of pyridine rings is 1. The summed E-state index contributed by atoms with van der Waals surface area (Å²) in [7, 11) is 0. The molecule has 3 aromatic rings. The van der Waals surface area contributed by atoms with E-state index < -0.39 is 0 Å². The number of rotatable bonds is 6. The van der Waals surface area contributed by atoms with Crippen LogP contribution in [0.3, 0.4) is 0 Å². The van der Waals surface area contributed by atoms with Gasteiger partial charge in [-0.15, -0.1) is 5.10 Å². The number of nitrogens with one attached hydrogen (secondary N) is 3. The van der Waals surface area contributed by atoms with E-state index in [0.29, 0.717) is 18.0 Å². The number of hydrogen-bond acceptors (Lipinski definition) is 5. The fourth-order valence-electron chi connectivity index (χ4n) is 3.98. The van der Waals surface area contributed by atoms with Crippen molar-refractivity contribution in [2.24, 2.45) is 0 Å². The number of nitrogens with zero attached hydrogens (tertiary/aromatic N) is 3. The molecule has 8 heteroatoms. The summed E-state index contributed by atoms with van der Waals surface area (Å²) < 4.78 is 15.3. The molecule has 1 aliphatic rings. The highest BCUT2D eigenvalue weighted by Crippen LogP contribution is 2.30. The van der Waals surface area contributed by atoms with Crippen molar-refractivity contribution in [2.75, 3.05) is 11.9 Å². The Bertz CT molecular complexity index is 1140. The van der Waals surface area contributed by atoms with Crippen molar-refractivity contribution in [3.05, 3.63) is 59.2 Å². The SMILES string of the molecule is CCNC1=C(C(=N)Cl)CC(Nc2nc3c(-c4ccc(F)cc4C)cccn3n2)CC1. The first-order valence-electron chi connectivity index (χ1n) is 10.0. The number of aryl methyl sites for hydroxylation is 1. The molecule has 0 aliphatic heterocycles. The summed E-state index contributed by atoms with van der Waals surface area (Å²) in [5.41, 5.74) is 5.27. The lowest BCUT2D eigenvalue weighted by molar-refractivity contribution is 0.580. The largest absolute Gasteiger partial charge is 0.388 e. The molecule has 156 valence electrons. The van der Waals surface area contributed by atoms with Crippen LogP contribution in [-0.2, 0) is 0 Å². The van der Waals surface area contributed by atoms with Gasteiger partial charge in [0.15, 0.2) is 5.65 Å². The fourth-order valence-corrected chi connectivity index (χ4v) is 4.18. The van der Waals surface area contributed by atoms with Crippen molar-refractivity contribution >= 4 is 28.4 Å². The third-order valence-corrected chi connectivity index (χ3v) is 5.62. The first kappa shape index (κ1) is 20.3. The van der Waals surface area contributed by atoms with E-state index in [-0.39, 0.29) is 17.0 Å². The molecule has 30 heavy (non-hydrogen) atoms. The normalized spacial score (nSPS) is 16.7. The van der Waals surface area contributed by atoms with Crippen LogP contribution in [0.15, 0.2) is 47.8 Å². The zero-order valence-electron chi connectivity index (χ0n) is 17.0. The highest BCUT2D eigenvalue weighted by molar-refractivity contribution is 6.68. The maximum absolute atomic E-state index is 13.5. The van der Waals surface area contributed by atoms with Gasteiger partial charge in [-0.05, 0) is 68.5 Å². The molecule has 0 radical (unpaired) electrons. The third-order valence-electron chi connectivity index (χ3n) is 5.39. The molecule has 0 amide bonds. The average molecular weight is 427 g/mol. The van der Waals surface area contributed by atoms with Gasteiger partial charge in [-0.1, -0.05) is 17.7 Å². The molecule has 0 bridgehead atoms. The second kappa shape index (κ2) is 8.44. The van der Waals surface area contributed by atoms with Crippen LogP contribution in [0, 0.1) is 18.2 Å². The highest BCUT2D eigenvalue weighted by Gasteiger charge is 2.24. The standard InChI is InChI=1S/C22H24ClFN6/c1-3-26-19-9-7-15(12-18(19)20(23)25)27-22-28-21-17(5-4-10-30(21)29-22)16-8-6-14(24)11-13(16)2/h4-6,8,10-11,15,25-26H,3,7,9,12H2,1-2H3,(H,27,29). The molecular weight excluding hydrogens is 403 g/mol. The van der Waals surface area contributed by atoms with Crippen molar-refractivity contribution in [1.29, 1.82) is 5.41 Å². The minimum Gasteiger partial charge on any atom is -0.388 e. The minimum atomic E-state index is -0.255. The van der Waals surface area contributed by atoms with E-state index in [1.165, 1.54) is 12.1 Å². The Labute approximate surface area is 179 Å². The molecule has 1 unspecified atom stereocenters. The minimum absolute atomic E-state index is 0.0782. The zero-order chi connectivity index (χ0) is 21.3.